The van der Waals surface area contributed by atoms with Gasteiger partial charge in [0.2, 0.25) is 5.91 Å². The second-order valence-corrected chi connectivity index (χ2v) is 6.16. The number of benzene rings is 1. The number of anilines is 2. The van der Waals surface area contributed by atoms with Crippen molar-refractivity contribution in [3.05, 3.63) is 23.2 Å². The first-order valence-electron chi connectivity index (χ1n) is 6.14. The molecule has 1 aromatic rings. The van der Waals surface area contributed by atoms with E-state index >= 15 is 0 Å². The van der Waals surface area contributed by atoms with Gasteiger partial charge in [-0.05, 0) is 31.5 Å². The maximum Gasteiger partial charge on any atom is 0.234 e. The van der Waals surface area contributed by atoms with Gasteiger partial charge in [0.25, 0.3) is 0 Å². The van der Waals surface area contributed by atoms with Crippen LogP contribution in [0.25, 0.3) is 0 Å². The molecule has 104 valence electrons. The number of halogens is 1. The van der Waals surface area contributed by atoms with Gasteiger partial charge in [-0.3, -0.25) is 4.79 Å². The number of nitrogen functional groups attached to an aromatic ring is 1. The molecule has 1 aliphatic heterocycles. The maximum absolute atomic E-state index is 11.9. The molecule has 0 aliphatic carbocycles. The molecule has 0 radical (unpaired) electrons. The second kappa shape index (κ2) is 6.50. The molecule has 1 heterocycles. The number of ether oxygens (including phenoxy) is 1. The van der Waals surface area contributed by atoms with E-state index in [1.165, 1.54) is 0 Å². The third-order valence-electron chi connectivity index (χ3n) is 3.02. The lowest BCUT2D eigenvalue weighted by Crippen LogP contribution is -2.20. The normalized spacial score (nSPS) is 22.4. The number of carbonyl (C=O) groups is 1. The molecule has 1 fully saturated rings. The van der Waals surface area contributed by atoms with Crippen molar-refractivity contribution in [3.8, 4) is 0 Å². The maximum atomic E-state index is 11.9. The molecule has 2 unspecified atom stereocenters. The Morgan fingerprint density at radius 1 is 1.63 bits per heavy atom. The summed E-state index contributed by atoms with van der Waals surface area (Å²) in [6.45, 7) is 2.82. The first kappa shape index (κ1) is 14.5. The molecule has 0 aromatic heterocycles. The Hall–Kier alpha value is -0.910. The van der Waals surface area contributed by atoms with Crippen molar-refractivity contribution in [2.45, 2.75) is 24.7 Å². The number of thioether (sulfide) groups is 1. The molecule has 0 bridgehead atoms. The largest absolute Gasteiger partial charge is 0.397 e. The molecule has 4 nitrogen and oxygen atoms in total. The molecule has 6 heteroatoms. The Kier molecular flexibility index (Phi) is 4.96. The molecule has 1 amide bonds. The summed E-state index contributed by atoms with van der Waals surface area (Å²) >= 11 is 7.49. The van der Waals surface area contributed by atoms with Crippen LogP contribution in [0.4, 0.5) is 11.4 Å². The van der Waals surface area contributed by atoms with Crippen molar-refractivity contribution in [2.24, 2.45) is 0 Å². The van der Waals surface area contributed by atoms with Crippen molar-refractivity contribution >= 4 is 40.6 Å². The quantitative estimate of drug-likeness (QED) is 0.839. The fraction of sp³-hybridized carbons (Fsp3) is 0.462. The number of rotatable bonds is 4. The van der Waals surface area contributed by atoms with Gasteiger partial charge >= 0.3 is 0 Å². The summed E-state index contributed by atoms with van der Waals surface area (Å²) in [5.74, 6) is 0.322. The fourth-order valence-corrected chi connectivity index (χ4v) is 3.16. The predicted octanol–water partition coefficient (Wildman–Crippen LogP) is 2.77. The van der Waals surface area contributed by atoms with Crippen LogP contribution in [0.5, 0.6) is 0 Å². The smallest absolute Gasteiger partial charge is 0.234 e. The molecule has 0 spiro atoms. The zero-order valence-corrected chi connectivity index (χ0v) is 12.3. The zero-order chi connectivity index (χ0) is 13.8. The third kappa shape index (κ3) is 4.03. The third-order valence-corrected chi connectivity index (χ3v) is 4.74. The van der Waals surface area contributed by atoms with Gasteiger partial charge in [-0.15, -0.1) is 11.8 Å². The van der Waals surface area contributed by atoms with E-state index < -0.39 is 0 Å². The predicted molar refractivity (Wildman–Crippen MR) is 80.8 cm³/mol. The lowest BCUT2D eigenvalue weighted by atomic mass is 10.2. The SMILES string of the molecule is CC1OCCC1SCC(=O)Nc1cc(Cl)ccc1N. The van der Waals surface area contributed by atoms with E-state index in [-0.39, 0.29) is 12.0 Å². The summed E-state index contributed by atoms with van der Waals surface area (Å²) in [6, 6.07) is 5.03. The van der Waals surface area contributed by atoms with Crippen molar-refractivity contribution < 1.29 is 9.53 Å². The second-order valence-electron chi connectivity index (χ2n) is 4.49. The van der Waals surface area contributed by atoms with Crippen LogP contribution in [0, 0.1) is 0 Å². The summed E-state index contributed by atoms with van der Waals surface area (Å²) in [5.41, 5.74) is 6.86. The van der Waals surface area contributed by atoms with Crippen LogP contribution in [-0.2, 0) is 9.53 Å². The molecular formula is C13H17ClN2O2S. The molecule has 2 atom stereocenters. The summed E-state index contributed by atoms with van der Waals surface area (Å²) in [6.07, 6.45) is 1.22. The summed E-state index contributed by atoms with van der Waals surface area (Å²) in [7, 11) is 0. The van der Waals surface area contributed by atoms with E-state index in [0.717, 1.165) is 13.0 Å². The Morgan fingerprint density at radius 2 is 2.42 bits per heavy atom. The molecule has 1 saturated heterocycles. The van der Waals surface area contributed by atoms with Crippen LogP contribution in [0.2, 0.25) is 5.02 Å². The van der Waals surface area contributed by atoms with Gasteiger partial charge in [0, 0.05) is 16.9 Å². The van der Waals surface area contributed by atoms with E-state index in [4.69, 9.17) is 22.1 Å². The number of hydrogen-bond donors (Lipinski definition) is 2. The summed E-state index contributed by atoms with van der Waals surface area (Å²) < 4.78 is 5.46. The molecule has 1 aliphatic rings. The number of nitrogens with one attached hydrogen (secondary N) is 1. The molecule has 19 heavy (non-hydrogen) atoms. The van der Waals surface area contributed by atoms with E-state index in [2.05, 4.69) is 5.32 Å². The summed E-state index contributed by atoms with van der Waals surface area (Å²) in [4.78, 5) is 11.9. The van der Waals surface area contributed by atoms with Gasteiger partial charge in [0.1, 0.15) is 0 Å². The number of hydrogen-bond acceptors (Lipinski definition) is 4. The zero-order valence-electron chi connectivity index (χ0n) is 10.7. The average molecular weight is 301 g/mol. The van der Waals surface area contributed by atoms with Crippen LogP contribution in [0.3, 0.4) is 0 Å². The highest BCUT2D eigenvalue weighted by Crippen LogP contribution is 2.27. The monoisotopic (exact) mass is 300 g/mol. The topological polar surface area (TPSA) is 64.3 Å². The van der Waals surface area contributed by atoms with Crippen LogP contribution in [-0.4, -0.2) is 29.6 Å². The Morgan fingerprint density at radius 3 is 3.11 bits per heavy atom. The van der Waals surface area contributed by atoms with Gasteiger partial charge in [0.15, 0.2) is 0 Å². The van der Waals surface area contributed by atoms with Crippen molar-refractivity contribution in [3.63, 3.8) is 0 Å². The van der Waals surface area contributed by atoms with Crippen LogP contribution >= 0.6 is 23.4 Å². The Balaban J connectivity index is 1.85. The van der Waals surface area contributed by atoms with Crippen LogP contribution in [0.1, 0.15) is 13.3 Å². The highest BCUT2D eigenvalue weighted by molar-refractivity contribution is 8.00. The number of nitrogens with two attached hydrogens (primary N) is 1. The van der Waals surface area contributed by atoms with Gasteiger partial charge in [-0.1, -0.05) is 11.6 Å². The van der Waals surface area contributed by atoms with E-state index in [0.29, 0.717) is 27.4 Å². The van der Waals surface area contributed by atoms with Crippen LogP contribution < -0.4 is 11.1 Å². The number of carbonyl (C=O) groups excluding carboxylic acids is 1. The molecule has 3 N–H and O–H groups in total. The minimum absolute atomic E-state index is 0.0712. The minimum Gasteiger partial charge on any atom is -0.397 e. The fourth-order valence-electron chi connectivity index (χ4n) is 1.94. The standard InChI is InChI=1S/C13H17ClN2O2S/c1-8-12(4-5-18-8)19-7-13(17)16-11-6-9(14)2-3-10(11)15/h2-3,6,8,12H,4-5,7,15H2,1H3,(H,16,17). The van der Waals surface area contributed by atoms with Crippen molar-refractivity contribution in [1.82, 2.24) is 0 Å². The number of amides is 1. The van der Waals surface area contributed by atoms with E-state index in [1.807, 2.05) is 6.92 Å². The van der Waals surface area contributed by atoms with E-state index in [9.17, 15) is 4.79 Å². The van der Waals surface area contributed by atoms with Gasteiger partial charge in [-0.25, -0.2) is 0 Å². The van der Waals surface area contributed by atoms with E-state index in [1.54, 1.807) is 30.0 Å². The lowest BCUT2D eigenvalue weighted by Gasteiger charge is -2.13. The molecule has 2 rings (SSSR count). The Labute approximate surface area is 122 Å². The highest BCUT2D eigenvalue weighted by atomic mass is 35.5. The lowest BCUT2D eigenvalue weighted by molar-refractivity contribution is -0.113. The van der Waals surface area contributed by atoms with Gasteiger partial charge in [-0.2, -0.15) is 0 Å². The molecule has 0 saturated carbocycles. The first-order chi connectivity index (χ1) is 9.06. The molecular weight excluding hydrogens is 284 g/mol. The van der Waals surface area contributed by atoms with Crippen molar-refractivity contribution in [1.29, 1.82) is 0 Å². The van der Waals surface area contributed by atoms with Gasteiger partial charge in [0.05, 0.1) is 23.2 Å². The first-order valence-corrected chi connectivity index (χ1v) is 7.57. The average Bonchev–Trinajstić information content (AvgIpc) is 2.77. The van der Waals surface area contributed by atoms with Crippen LogP contribution in [0.15, 0.2) is 18.2 Å². The Bertz CT molecular complexity index is 470. The summed E-state index contributed by atoms with van der Waals surface area (Å²) in [5, 5.41) is 3.72. The minimum atomic E-state index is -0.0712. The van der Waals surface area contributed by atoms with Crippen molar-refractivity contribution in [2.75, 3.05) is 23.4 Å². The highest BCUT2D eigenvalue weighted by Gasteiger charge is 2.25. The molecule has 1 aromatic carbocycles. The van der Waals surface area contributed by atoms with Gasteiger partial charge < -0.3 is 15.8 Å².